The summed E-state index contributed by atoms with van der Waals surface area (Å²) in [4.78, 5) is 25.6. The number of carbonyl (C=O) groups excluding carboxylic acids is 2. The number of fused-ring (bicyclic) bond motifs is 1. The summed E-state index contributed by atoms with van der Waals surface area (Å²) >= 11 is 0. The van der Waals surface area contributed by atoms with Gasteiger partial charge in [0.25, 0.3) is 5.91 Å². The summed E-state index contributed by atoms with van der Waals surface area (Å²) in [5.41, 5.74) is -0.336. The van der Waals surface area contributed by atoms with Crippen molar-refractivity contribution in [3.8, 4) is 0 Å². The monoisotopic (exact) mass is 456 g/mol. The number of aromatic nitrogens is 3. The number of benzene rings is 2. The summed E-state index contributed by atoms with van der Waals surface area (Å²) < 4.78 is 48.2. The van der Waals surface area contributed by atoms with E-state index in [4.69, 9.17) is 4.74 Å². The van der Waals surface area contributed by atoms with Gasteiger partial charge in [-0.1, -0.05) is 12.1 Å². The molecular formula is C23H19F3N4O3. The molecule has 3 heterocycles. The van der Waals surface area contributed by atoms with Crippen LogP contribution in [0.25, 0.3) is 0 Å². The molecule has 1 fully saturated rings. The van der Waals surface area contributed by atoms with Crippen LogP contribution in [0.15, 0.2) is 42.7 Å². The number of carbonyl (C=O) groups is 2. The number of alkyl halides is 3. The second-order valence-electron chi connectivity index (χ2n) is 8.46. The fourth-order valence-electron chi connectivity index (χ4n) is 4.45. The molecule has 0 bridgehead atoms. The minimum atomic E-state index is -4.68. The number of rotatable bonds is 5. The number of anilines is 1. The van der Waals surface area contributed by atoms with Crippen molar-refractivity contribution in [1.29, 1.82) is 0 Å². The molecule has 1 amide bonds. The molecule has 2 aliphatic heterocycles. The Labute approximate surface area is 186 Å². The summed E-state index contributed by atoms with van der Waals surface area (Å²) in [6.45, 7) is 0.690. The number of halogens is 3. The van der Waals surface area contributed by atoms with E-state index in [1.807, 2.05) is 23.7 Å². The van der Waals surface area contributed by atoms with Crippen LogP contribution in [0.1, 0.15) is 43.2 Å². The van der Waals surface area contributed by atoms with Gasteiger partial charge in [0.2, 0.25) is 0 Å². The number of aryl methyl sites for hydroxylation is 1. The quantitative estimate of drug-likeness (QED) is 0.551. The van der Waals surface area contributed by atoms with E-state index < -0.39 is 17.6 Å². The molecule has 0 unspecified atom stereocenters. The summed E-state index contributed by atoms with van der Waals surface area (Å²) in [5, 5.41) is 8.07. The molecular weight excluding hydrogens is 437 g/mol. The molecule has 10 heteroatoms. The Morgan fingerprint density at radius 1 is 1.21 bits per heavy atom. The maximum atomic E-state index is 13.6. The first-order chi connectivity index (χ1) is 15.7. The lowest BCUT2D eigenvalue weighted by Gasteiger charge is -2.42. The first-order valence-corrected chi connectivity index (χ1v) is 10.2. The molecule has 1 saturated heterocycles. The SMILES string of the molecule is Cn1cnnc1CC1(c2cccc(N3Cc4c(cc(C=O)cc4C(F)(F)F)C3=O)c2)COC1. The average molecular weight is 456 g/mol. The van der Waals surface area contributed by atoms with Gasteiger partial charge in [-0.2, -0.15) is 13.2 Å². The van der Waals surface area contributed by atoms with Crippen LogP contribution in [0.5, 0.6) is 0 Å². The smallest absolute Gasteiger partial charge is 0.379 e. The van der Waals surface area contributed by atoms with Crippen LogP contribution in [0.3, 0.4) is 0 Å². The van der Waals surface area contributed by atoms with Crippen LogP contribution in [0, 0.1) is 0 Å². The van der Waals surface area contributed by atoms with Gasteiger partial charge in [-0.15, -0.1) is 10.2 Å². The molecule has 0 spiro atoms. The van der Waals surface area contributed by atoms with Gasteiger partial charge < -0.3 is 14.2 Å². The molecule has 1 aromatic heterocycles. The third-order valence-electron chi connectivity index (χ3n) is 6.33. The molecule has 33 heavy (non-hydrogen) atoms. The van der Waals surface area contributed by atoms with Gasteiger partial charge in [-0.3, -0.25) is 9.59 Å². The highest BCUT2D eigenvalue weighted by atomic mass is 19.4. The number of amides is 1. The minimum absolute atomic E-state index is 0.0990. The van der Waals surface area contributed by atoms with E-state index >= 15 is 0 Å². The van der Waals surface area contributed by atoms with Gasteiger partial charge in [0.1, 0.15) is 18.4 Å². The van der Waals surface area contributed by atoms with E-state index in [1.165, 1.54) is 11.0 Å². The van der Waals surface area contributed by atoms with Crippen molar-refractivity contribution < 1.29 is 27.5 Å². The topological polar surface area (TPSA) is 77.3 Å². The van der Waals surface area contributed by atoms with Gasteiger partial charge in [-0.05, 0) is 35.4 Å². The molecule has 0 atom stereocenters. The molecule has 2 aromatic carbocycles. The average Bonchev–Trinajstić information content (AvgIpc) is 3.32. The third-order valence-corrected chi connectivity index (χ3v) is 6.33. The van der Waals surface area contributed by atoms with Crippen LogP contribution >= 0.6 is 0 Å². The van der Waals surface area contributed by atoms with Gasteiger partial charge in [0, 0.05) is 35.7 Å². The van der Waals surface area contributed by atoms with Crippen LogP contribution in [-0.2, 0) is 36.3 Å². The molecule has 170 valence electrons. The Balaban J connectivity index is 1.51. The maximum Gasteiger partial charge on any atom is 0.416 e. The molecule has 5 rings (SSSR count). The molecule has 3 aromatic rings. The summed E-state index contributed by atoms with van der Waals surface area (Å²) in [5.74, 6) is 0.216. The third kappa shape index (κ3) is 3.50. The van der Waals surface area contributed by atoms with Gasteiger partial charge in [0.15, 0.2) is 0 Å². The molecule has 7 nitrogen and oxygen atoms in total. The zero-order valence-corrected chi connectivity index (χ0v) is 17.6. The van der Waals surface area contributed by atoms with Crippen molar-refractivity contribution >= 4 is 17.9 Å². The van der Waals surface area contributed by atoms with Crippen molar-refractivity contribution in [3.05, 3.63) is 76.4 Å². The Bertz CT molecular complexity index is 1260. The number of aldehydes is 1. The van der Waals surface area contributed by atoms with E-state index in [9.17, 15) is 22.8 Å². The predicted octanol–water partition coefficient (Wildman–Crippen LogP) is 3.32. The van der Waals surface area contributed by atoms with E-state index in [-0.39, 0.29) is 28.7 Å². The summed E-state index contributed by atoms with van der Waals surface area (Å²) in [6.07, 6.45) is -2.17. The Hall–Kier alpha value is -3.53. The predicted molar refractivity (Wildman–Crippen MR) is 111 cm³/mol. The number of hydrogen-bond donors (Lipinski definition) is 0. The Morgan fingerprint density at radius 3 is 2.61 bits per heavy atom. The molecule has 0 N–H and O–H groups in total. The van der Waals surface area contributed by atoms with E-state index in [0.717, 1.165) is 17.5 Å². The highest BCUT2D eigenvalue weighted by Crippen LogP contribution is 2.41. The van der Waals surface area contributed by atoms with Crippen molar-refractivity contribution in [2.24, 2.45) is 7.05 Å². The summed E-state index contributed by atoms with van der Waals surface area (Å²) in [6, 6.07) is 9.22. The zero-order valence-electron chi connectivity index (χ0n) is 17.6. The Morgan fingerprint density at radius 2 is 2.00 bits per heavy atom. The molecule has 0 aliphatic carbocycles. The van der Waals surface area contributed by atoms with Crippen LogP contribution < -0.4 is 4.90 Å². The maximum absolute atomic E-state index is 13.6. The van der Waals surface area contributed by atoms with Crippen LogP contribution in [0.2, 0.25) is 0 Å². The van der Waals surface area contributed by atoms with Crippen molar-refractivity contribution in [1.82, 2.24) is 14.8 Å². The van der Waals surface area contributed by atoms with Gasteiger partial charge in [-0.25, -0.2) is 0 Å². The second-order valence-corrected chi connectivity index (χ2v) is 8.46. The number of nitrogens with zero attached hydrogens (tertiary/aromatic N) is 4. The van der Waals surface area contributed by atoms with Crippen molar-refractivity contribution in [3.63, 3.8) is 0 Å². The van der Waals surface area contributed by atoms with E-state index in [2.05, 4.69) is 10.2 Å². The largest absolute Gasteiger partial charge is 0.416 e. The molecule has 0 radical (unpaired) electrons. The van der Waals surface area contributed by atoms with Crippen LogP contribution in [0.4, 0.5) is 18.9 Å². The zero-order chi connectivity index (χ0) is 23.4. The van der Waals surface area contributed by atoms with E-state index in [1.54, 1.807) is 18.5 Å². The van der Waals surface area contributed by atoms with Crippen LogP contribution in [-0.4, -0.2) is 40.2 Å². The Kier molecular flexibility index (Phi) is 4.86. The summed E-state index contributed by atoms with van der Waals surface area (Å²) in [7, 11) is 1.85. The first kappa shape index (κ1) is 21.3. The molecule has 0 saturated carbocycles. The van der Waals surface area contributed by atoms with Crippen molar-refractivity contribution in [2.45, 2.75) is 24.6 Å². The fourth-order valence-corrected chi connectivity index (χ4v) is 4.45. The van der Waals surface area contributed by atoms with Gasteiger partial charge >= 0.3 is 6.18 Å². The fraction of sp³-hybridized carbons (Fsp3) is 0.304. The van der Waals surface area contributed by atoms with Gasteiger partial charge in [0.05, 0.1) is 25.3 Å². The lowest BCUT2D eigenvalue weighted by Crippen LogP contribution is -2.49. The highest BCUT2D eigenvalue weighted by Gasteiger charge is 2.43. The number of ether oxygens (including phenoxy) is 1. The number of hydrogen-bond acceptors (Lipinski definition) is 5. The normalized spacial score (nSPS) is 17.1. The lowest BCUT2D eigenvalue weighted by atomic mass is 9.75. The first-order valence-electron chi connectivity index (χ1n) is 10.2. The lowest BCUT2D eigenvalue weighted by molar-refractivity contribution is -0.138. The minimum Gasteiger partial charge on any atom is -0.379 e. The highest BCUT2D eigenvalue weighted by molar-refractivity contribution is 6.11. The van der Waals surface area contributed by atoms with Crippen molar-refractivity contribution in [2.75, 3.05) is 18.1 Å². The molecule has 2 aliphatic rings. The standard InChI is InChI=1S/C23H19F3N4O3/c1-29-13-27-28-20(29)8-22(11-33-12-22)15-3-2-4-16(7-15)30-9-18-17(21(30)32)5-14(10-31)6-19(18)23(24,25)26/h2-7,10,13H,8-9,11-12H2,1H3. The second kappa shape index (κ2) is 7.51. The van der Waals surface area contributed by atoms with E-state index in [0.29, 0.717) is 31.6 Å².